The highest BCUT2D eigenvalue weighted by atomic mass is 16.5. The minimum Gasteiger partial charge on any atom is -0.297 e. The summed E-state index contributed by atoms with van der Waals surface area (Å²) in [4.78, 5) is 18.3. The second kappa shape index (κ2) is 6.97. The van der Waals surface area contributed by atoms with Gasteiger partial charge in [-0.1, -0.05) is 19.8 Å². The molecule has 23 heavy (non-hydrogen) atoms. The van der Waals surface area contributed by atoms with Crippen LogP contribution in [0.3, 0.4) is 0 Å². The zero-order valence-corrected chi connectivity index (χ0v) is 14.0. The molecule has 1 amide bonds. The molecule has 5 heteroatoms. The summed E-state index contributed by atoms with van der Waals surface area (Å²) >= 11 is 0. The average molecular weight is 317 g/mol. The Labute approximate surface area is 138 Å². The number of fused-ring (bicyclic) bond motifs is 1. The minimum atomic E-state index is -0.493. The predicted molar refractivity (Wildman–Crippen MR) is 88.3 cm³/mol. The Hall–Kier alpha value is -1.46. The van der Waals surface area contributed by atoms with Gasteiger partial charge in [0, 0.05) is 19.3 Å². The molecule has 0 atom stereocenters. The Morgan fingerprint density at radius 1 is 1.43 bits per heavy atom. The lowest BCUT2D eigenvalue weighted by Crippen LogP contribution is -2.33. The quantitative estimate of drug-likeness (QED) is 0.481. The van der Waals surface area contributed by atoms with Crippen LogP contribution in [0, 0.1) is 5.41 Å². The van der Waals surface area contributed by atoms with E-state index >= 15 is 0 Å². The number of hydroxylamine groups is 1. The fraction of sp³-hybridized carbons (Fsp3) is 0.667. The van der Waals surface area contributed by atoms with Gasteiger partial charge in [-0.3, -0.25) is 19.9 Å². The molecule has 1 aliphatic carbocycles. The van der Waals surface area contributed by atoms with E-state index in [0.717, 1.165) is 37.3 Å². The van der Waals surface area contributed by atoms with E-state index in [1.165, 1.54) is 38.5 Å². The Morgan fingerprint density at radius 3 is 2.96 bits per heavy atom. The number of nitrogens with one attached hydrogen (secondary N) is 1. The maximum Gasteiger partial charge on any atom is 0.276 e. The van der Waals surface area contributed by atoms with Gasteiger partial charge in [-0.2, -0.15) is 0 Å². The molecule has 126 valence electrons. The number of carbonyl (C=O) groups is 1. The van der Waals surface area contributed by atoms with Gasteiger partial charge in [0.2, 0.25) is 0 Å². The van der Waals surface area contributed by atoms with Crippen LogP contribution in [-0.4, -0.2) is 34.1 Å². The largest absolute Gasteiger partial charge is 0.297 e. The van der Waals surface area contributed by atoms with E-state index in [1.807, 2.05) is 6.07 Å². The smallest absolute Gasteiger partial charge is 0.276 e. The highest BCUT2D eigenvalue weighted by Crippen LogP contribution is 2.44. The Morgan fingerprint density at radius 2 is 2.26 bits per heavy atom. The molecule has 0 spiro atoms. The normalized spacial score (nSPS) is 19.7. The zero-order chi connectivity index (χ0) is 16.3. The molecular weight excluding hydrogens is 290 g/mol. The molecule has 0 bridgehead atoms. The van der Waals surface area contributed by atoms with E-state index in [4.69, 9.17) is 5.21 Å². The van der Waals surface area contributed by atoms with Gasteiger partial charge in [0.05, 0.1) is 11.3 Å². The molecule has 0 saturated heterocycles. The van der Waals surface area contributed by atoms with Gasteiger partial charge in [0.15, 0.2) is 0 Å². The number of nitrogens with zero attached hydrogens (tertiary/aromatic N) is 2. The minimum absolute atomic E-state index is 0.424. The van der Waals surface area contributed by atoms with Crippen LogP contribution in [0.2, 0.25) is 0 Å². The van der Waals surface area contributed by atoms with Gasteiger partial charge in [0.25, 0.3) is 5.91 Å². The third-order valence-corrected chi connectivity index (χ3v) is 5.56. The fourth-order valence-corrected chi connectivity index (χ4v) is 3.76. The maximum absolute atomic E-state index is 11.4. The van der Waals surface area contributed by atoms with Crippen LogP contribution < -0.4 is 5.48 Å². The van der Waals surface area contributed by atoms with E-state index < -0.39 is 5.91 Å². The van der Waals surface area contributed by atoms with Crippen LogP contribution in [-0.2, 0) is 13.0 Å². The summed E-state index contributed by atoms with van der Waals surface area (Å²) in [5.74, 6) is -0.493. The summed E-state index contributed by atoms with van der Waals surface area (Å²) in [6.45, 7) is 5.46. The molecule has 1 aromatic heterocycles. The van der Waals surface area contributed by atoms with Crippen LogP contribution in [0.4, 0.5) is 0 Å². The Bertz CT molecular complexity index is 569. The second-order valence-corrected chi connectivity index (χ2v) is 7.42. The number of pyridine rings is 1. The van der Waals surface area contributed by atoms with Crippen molar-refractivity contribution in [1.82, 2.24) is 15.4 Å². The van der Waals surface area contributed by atoms with E-state index in [1.54, 1.807) is 11.7 Å². The highest BCUT2D eigenvalue weighted by molar-refractivity contribution is 5.93. The fourth-order valence-electron chi connectivity index (χ4n) is 3.76. The second-order valence-electron chi connectivity index (χ2n) is 7.42. The summed E-state index contributed by atoms with van der Waals surface area (Å²) in [6.07, 6.45) is 10.7. The molecule has 0 radical (unpaired) electrons. The SMILES string of the molecule is CC1(CCCCN2CCc3cc(C(=O)NO)cnc3C2)CCC1. The van der Waals surface area contributed by atoms with Gasteiger partial charge < -0.3 is 0 Å². The third kappa shape index (κ3) is 3.90. The van der Waals surface area contributed by atoms with Crippen molar-refractivity contribution >= 4 is 5.91 Å². The number of carbonyl (C=O) groups excluding carboxylic acids is 1. The van der Waals surface area contributed by atoms with Gasteiger partial charge in [-0.15, -0.1) is 0 Å². The van der Waals surface area contributed by atoms with E-state index in [0.29, 0.717) is 11.0 Å². The van der Waals surface area contributed by atoms with Crippen molar-refractivity contribution in [3.63, 3.8) is 0 Å². The first-order valence-corrected chi connectivity index (χ1v) is 8.74. The summed E-state index contributed by atoms with van der Waals surface area (Å²) in [7, 11) is 0. The van der Waals surface area contributed by atoms with Gasteiger partial charge in [0.1, 0.15) is 0 Å². The molecule has 5 nitrogen and oxygen atoms in total. The van der Waals surface area contributed by atoms with Crippen LogP contribution in [0.15, 0.2) is 12.3 Å². The predicted octanol–water partition coefficient (Wildman–Crippen LogP) is 2.92. The van der Waals surface area contributed by atoms with Crippen molar-refractivity contribution in [2.24, 2.45) is 5.41 Å². The van der Waals surface area contributed by atoms with Crippen LogP contribution >= 0.6 is 0 Å². The first-order valence-electron chi connectivity index (χ1n) is 8.74. The standard InChI is InChI=1S/C18H27N3O2/c1-18(7-4-8-18)6-2-3-9-21-10-5-14-11-15(17(22)20-23)12-19-16(14)13-21/h11-12,23H,2-10,13H2,1H3,(H,20,22). The summed E-state index contributed by atoms with van der Waals surface area (Å²) in [6, 6.07) is 1.85. The Balaban J connectivity index is 1.47. The van der Waals surface area contributed by atoms with E-state index in [2.05, 4.69) is 16.8 Å². The number of hydrogen-bond acceptors (Lipinski definition) is 4. The number of rotatable bonds is 6. The average Bonchev–Trinajstić information content (AvgIpc) is 2.55. The number of unbranched alkanes of at least 4 members (excludes halogenated alkanes) is 1. The summed E-state index contributed by atoms with van der Waals surface area (Å²) in [5, 5.41) is 8.70. The van der Waals surface area contributed by atoms with Gasteiger partial charge in [-0.05, 0) is 55.7 Å². The number of hydrogen-bond donors (Lipinski definition) is 2. The lowest BCUT2D eigenvalue weighted by atomic mass is 9.67. The molecule has 1 aromatic rings. The molecule has 1 aliphatic heterocycles. The molecule has 2 aliphatic rings. The van der Waals surface area contributed by atoms with Crippen LogP contribution in [0.1, 0.15) is 67.1 Å². The molecule has 2 N–H and O–H groups in total. The van der Waals surface area contributed by atoms with Crippen molar-refractivity contribution in [1.29, 1.82) is 0 Å². The van der Waals surface area contributed by atoms with Gasteiger partial charge in [-0.25, -0.2) is 5.48 Å². The maximum atomic E-state index is 11.4. The summed E-state index contributed by atoms with van der Waals surface area (Å²) < 4.78 is 0. The van der Waals surface area contributed by atoms with Crippen LogP contribution in [0.5, 0.6) is 0 Å². The summed E-state index contributed by atoms with van der Waals surface area (Å²) in [5.41, 5.74) is 4.92. The zero-order valence-electron chi connectivity index (χ0n) is 14.0. The topological polar surface area (TPSA) is 65.5 Å². The molecule has 2 heterocycles. The third-order valence-electron chi connectivity index (χ3n) is 5.56. The Kier molecular flexibility index (Phi) is 4.97. The first kappa shape index (κ1) is 16.4. The first-order chi connectivity index (χ1) is 11.1. The lowest BCUT2D eigenvalue weighted by Gasteiger charge is -2.38. The molecule has 0 aromatic carbocycles. The van der Waals surface area contributed by atoms with Gasteiger partial charge >= 0.3 is 0 Å². The molecule has 1 fully saturated rings. The van der Waals surface area contributed by atoms with Crippen molar-refractivity contribution in [3.8, 4) is 0 Å². The number of amides is 1. The lowest BCUT2D eigenvalue weighted by molar-refractivity contribution is 0.0705. The highest BCUT2D eigenvalue weighted by Gasteiger charge is 2.30. The van der Waals surface area contributed by atoms with Crippen LogP contribution in [0.25, 0.3) is 0 Å². The van der Waals surface area contributed by atoms with Crippen molar-refractivity contribution in [2.45, 2.75) is 58.4 Å². The van der Waals surface area contributed by atoms with Crippen molar-refractivity contribution < 1.29 is 10.0 Å². The molecule has 1 saturated carbocycles. The van der Waals surface area contributed by atoms with Crippen molar-refractivity contribution in [2.75, 3.05) is 13.1 Å². The van der Waals surface area contributed by atoms with Crippen molar-refractivity contribution in [3.05, 3.63) is 29.1 Å². The molecular formula is C18H27N3O2. The monoisotopic (exact) mass is 317 g/mol. The van der Waals surface area contributed by atoms with E-state index in [-0.39, 0.29) is 0 Å². The number of aromatic nitrogens is 1. The molecule has 3 rings (SSSR count). The van der Waals surface area contributed by atoms with E-state index in [9.17, 15) is 4.79 Å². The molecule has 0 unspecified atom stereocenters.